The molecule has 2 rings (SSSR count). The third kappa shape index (κ3) is 3.45. The van der Waals surface area contributed by atoms with Gasteiger partial charge in [-0.15, -0.1) is 0 Å². The first kappa shape index (κ1) is 13.8. The van der Waals surface area contributed by atoms with Crippen LogP contribution in [-0.2, 0) is 0 Å². The molecule has 0 aliphatic carbocycles. The van der Waals surface area contributed by atoms with Crippen molar-refractivity contribution in [2.24, 2.45) is 0 Å². The van der Waals surface area contributed by atoms with Crippen LogP contribution in [0.2, 0.25) is 0 Å². The van der Waals surface area contributed by atoms with Crippen LogP contribution in [0.25, 0.3) is 0 Å². The zero-order valence-electron chi connectivity index (χ0n) is 11.1. The van der Waals surface area contributed by atoms with Crippen molar-refractivity contribution >= 4 is 11.5 Å². The molecule has 104 valence electrons. The Labute approximate surface area is 113 Å². The van der Waals surface area contributed by atoms with E-state index < -0.39 is 0 Å². The average Bonchev–Trinajstić information content (AvgIpc) is 2.46. The second-order valence-electron chi connectivity index (χ2n) is 4.60. The van der Waals surface area contributed by atoms with Crippen LogP contribution in [0.3, 0.4) is 0 Å². The fourth-order valence-corrected chi connectivity index (χ4v) is 2.03. The fraction of sp³-hybridized carbons (Fsp3) is 0.500. The third-order valence-corrected chi connectivity index (χ3v) is 3.12. The molecule has 1 atom stereocenters. The Kier molecular flexibility index (Phi) is 4.76. The molecule has 0 aromatic heterocycles. The topological polar surface area (TPSA) is 70.6 Å². The number of carbonyl (C=O) groups is 1. The number of fused-ring (bicyclic) bond motifs is 1. The van der Waals surface area contributed by atoms with Crippen molar-refractivity contribution in [2.45, 2.75) is 19.4 Å². The minimum absolute atomic E-state index is 0.0492. The highest BCUT2D eigenvalue weighted by Crippen LogP contribution is 2.28. The summed E-state index contributed by atoms with van der Waals surface area (Å²) in [5.74, 6) is 0.844. The van der Waals surface area contributed by atoms with Crippen LogP contribution < -0.4 is 15.4 Å². The summed E-state index contributed by atoms with van der Waals surface area (Å²) < 4.78 is 5.48. The summed E-state index contributed by atoms with van der Waals surface area (Å²) in [5, 5.41) is 15.0. The van der Waals surface area contributed by atoms with Crippen molar-refractivity contribution in [1.82, 2.24) is 5.32 Å². The quantitative estimate of drug-likeness (QED) is 0.529. The molecule has 3 N–H and O–H groups in total. The van der Waals surface area contributed by atoms with E-state index >= 15 is 0 Å². The summed E-state index contributed by atoms with van der Waals surface area (Å²) in [6.45, 7) is 4.02. The average molecular weight is 264 g/mol. The molecule has 1 aromatic rings. The minimum atomic E-state index is -0.255. The maximum Gasteiger partial charge on any atom is 0.179 e. The summed E-state index contributed by atoms with van der Waals surface area (Å²) in [6, 6.07) is 5.20. The van der Waals surface area contributed by atoms with Crippen molar-refractivity contribution in [3.63, 3.8) is 0 Å². The van der Waals surface area contributed by atoms with Gasteiger partial charge in [0.2, 0.25) is 0 Å². The minimum Gasteiger partial charge on any atom is -0.490 e. The van der Waals surface area contributed by atoms with E-state index in [4.69, 9.17) is 9.84 Å². The lowest BCUT2D eigenvalue weighted by Gasteiger charge is -2.20. The first-order valence-electron chi connectivity index (χ1n) is 6.61. The molecule has 5 nitrogen and oxygen atoms in total. The van der Waals surface area contributed by atoms with Gasteiger partial charge in [-0.3, -0.25) is 4.79 Å². The van der Waals surface area contributed by atoms with Gasteiger partial charge in [0, 0.05) is 18.7 Å². The van der Waals surface area contributed by atoms with Crippen LogP contribution >= 0.6 is 0 Å². The number of Topliss-reactive ketones (excluding diaryl/α,β-unsaturated/α-hetero) is 1. The summed E-state index contributed by atoms with van der Waals surface area (Å²) in [5.41, 5.74) is 1.54. The van der Waals surface area contributed by atoms with Gasteiger partial charge < -0.3 is 20.5 Å². The van der Waals surface area contributed by atoms with Crippen molar-refractivity contribution in [3.05, 3.63) is 23.8 Å². The molecule has 1 heterocycles. The molecule has 5 heteroatoms. The lowest BCUT2D eigenvalue weighted by Crippen LogP contribution is -2.35. The Morgan fingerprint density at radius 3 is 3.21 bits per heavy atom. The number of aliphatic hydroxyl groups excluding tert-OH is 1. The zero-order valence-corrected chi connectivity index (χ0v) is 11.1. The van der Waals surface area contributed by atoms with Gasteiger partial charge in [0.05, 0.1) is 11.7 Å². The molecule has 0 spiro atoms. The molecular weight excluding hydrogens is 244 g/mol. The summed E-state index contributed by atoms with van der Waals surface area (Å²) in [4.78, 5) is 12.2. The lowest BCUT2D eigenvalue weighted by molar-refractivity contribution is 0.0950. The molecule has 1 aliphatic rings. The molecule has 0 saturated heterocycles. The Balaban J connectivity index is 2.02. The van der Waals surface area contributed by atoms with Gasteiger partial charge in [-0.25, -0.2) is 0 Å². The van der Waals surface area contributed by atoms with Crippen molar-refractivity contribution < 1.29 is 14.6 Å². The Morgan fingerprint density at radius 1 is 1.58 bits per heavy atom. The summed E-state index contributed by atoms with van der Waals surface area (Å²) >= 11 is 0. The van der Waals surface area contributed by atoms with E-state index in [1.165, 1.54) is 0 Å². The molecule has 0 bridgehead atoms. The molecule has 1 aliphatic heterocycles. The fourth-order valence-electron chi connectivity index (χ4n) is 2.03. The maximum absolute atomic E-state index is 12.2. The third-order valence-electron chi connectivity index (χ3n) is 3.12. The van der Waals surface area contributed by atoms with Crippen molar-refractivity contribution in [3.8, 4) is 5.75 Å². The van der Waals surface area contributed by atoms with E-state index in [9.17, 15) is 4.79 Å². The Hall–Kier alpha value is -1.59. The van der Waals surface area contributed by atoms with Crippen molar-refractivity contribution in [1.29, 1.82) is 0 Å². The first-order valence-corrected chi connectivity index (χ1v) is 6.61. The van der Waals surface area contributed by atoms with Gasteiger partial charge in [0.25, 0.3) is 0 Å². The first-order chi connectivity index (χ1) is 9.22. The maximum atomic E-state index is 12.2. The summed E-state index contributed by atoms with van der Waals surface area (Å²) in [6.07, 6.45) is 0.650. The van der Waals surface area contributed by atoms with Crippen molar-refractivity contribution in [2.75, 3.05) is 31.6 Å². The van der Waals surface area contributed by atoms with Gasteiger partial charge in [0.1, 0.15) is 12.4 Å². The van der Waals surface area contributed by atoms with Crippen LogP contribution in [0.15, 0.2) is 18.2 Å². The predicted octanol–water partition coefficient (Wildman–Crippen LogP) is 1.03. The number of ether oxygens (including phenoxy) is 1. The van der Waals surface area contributed by atoms with Crippen LogP contribution in [0.5, 0.6) is 5.75 Å². The highest BCUT2D eigenvalue weighted by molar-refractivity contribution is 6.01. The van der Waals surface area contributed by atoms with E-state index in [1.54, 1.807) is 6.07 Å². The Bertz CT molecular complexity index is 448. The van der Waals surface area contributed by atoms with Crippen LogP contribution in [-0.4, -0.2) is 43.2 Å². The van der Waals surface area contributed by atoms with E-state index in [2.05, 4.69) is 10.6 Å². The number of benzene rings is 1. The van der Waals surface area contributed by atoms with Gasteiger partial charge >= 0.3 is 0 Å². The summed E-state index contributed by atoms with van der Waals surface area (Å²) in [7, 11) is 0. The molecule has 1 unspecified atom stereocenters. The predicted molar refractivity (Wildman–Crippen MR) is 73.9 cm³/mol. The largest absolute Gasteiger partial charge is 0.490 e. The van der Waals surface area contributed by atoms with Crippen LogP contribution in [0, 0.1) is 0 Å². The number of anilines is 1. The van der Waals surface area contributed by atoms with E-state index in [0.717, 1.165) is 18.0 Å². The number of nitrogens with one attached hydrogen (secondary N) is 2. The lowest BCUT2D eigenvalue weighted by atomic mass is 10.0. The van der Waals surface area contributed by atoms with E-state index in [-0.39, 0.29) is 18.4 Å². The second-order valence-corrected chi connectivity index (χ2v) is 4.60. The molecule has 0 saturated carbocycles. The van der Waals surface area contributed by atoms with Gasteiger partial charge in [-0.1, -0.05) is 0 Å². The Morgan fingerprint density at radius 2 is 2.42 bits per heavy atom. The number of aliphatic hydroxyl groups is 1. The number of ketones is 1. The molecule has 0 amide bonds. The van der Waals surface area contributed by atoms with Crippen LogP contribution in [0.4, 0.5) is 5.69 Å². The second kappa shape index (κ2) is 6.54. The zero-order chi connectivity index (χ0) is 13.7. The highest BCUT2D eigenvalue weighted by Gasteiger charge is 2.17. The SMILES string of the molecule is CC(NCCCO)C(=O)c1ccc2c(c1)NCCO2. The standard InChI is InChI=1S/C14H20N2O3/c1-10(15-5-2-7-17)14(18)11-3-4-13-12(9-11)16-6-8-19-13/h3-4,9-10,15-17H,2,5-8H2,1H3. The number of hydrogen-bond donors (Lipinski definition) is 3. The molecule has 19 heavy (non-hydrogen) atoms. The van der Waals surface area contributed by atoms with Gasteiger partial charge in [-0.05, 0) is 38.1 Å². The monoisotopic (exact) mass is 264 g/mol. The molecular formula is C14H20N2O3. The van der Waals surface area contributed by atoms with Crippen LogP contribution in [0.1, 0.15) is 23.7 Å². The normalized spacial score (nSPS) is 15.1. The smallest absolute Gasteiger partial charge is 0.179 e. The number of rotatable bonds is 6. The number of hydrogen-bond acceptors (Lipinski definition) is 5. The van der Waals surface area contributed by atoms with E-state index in [1.807, 2.05) is 19.1 Å². The molecule has 0 fully saturated rings. The number of carbonyl (C=O) groups excluding carboxylic acids is 1. The highest BCUT2D eigenvalue weighted by atomic mass is 16.5. The van der Waals surface area contributed by atoms with E-state index in [0.29, 0.717) is 25.1 Å². The van der Waals surface area contributed by atoms with Gasteiger partial charge in [-0.2, -0.15) is 0 Å². The molecule has 0 radical (unpaired) electrons. The molecule has 1 aromatic carbocycles. The van der Waals surface area contributed by atoms with Gasteiger partial charge in [0.15, 0.2) is 5.78 Å².